The smallest absolute Gasteiger partial charge is 0.0828 e. The van der Waals surface area contributed by atoms with Gasteiger partial charge in [-0.2, -0.15) is 5.10 Å². The molecule has 0 bridgehead atoms. The first kappa shape index (κ1) is 13.1. The van der Waals surface area contributed by atoms with Crippen LogP contribution in [0.1, 0.15) is 29.9 Å². The minimum atomic E-state index is 0.204. The predicted molar refractivity (Wildman–Crippen MR) is 84.3 cm³/mol. The Kier molecular flexibility index (Phi) is 3.22. The highest BCUT2D eigenvalue weighted by atomic mass is 32.1. The Morgan fingerprint density at radius 2 is 2.15 bits per heavy atom. The third-order valence-corrected chi connectivity index (χ3v) is 4.55. The zero-order valence-electron chi connectivity index (χ0n) is 12.1. The first-order valence-electron chi connectivity index (χ1n) is 6.66. The Bertz CT molecular complexity index is 756. The molecule has 0 aromatic carbocycles. The minimum Gasteiger partial charge on any atom is -0.375 e. The van der Waals surface area contributed by atoms with Crippen LogP contribution in [0.15, 0.2) is 23.7 Å². The fourth-order valence-electron chi connectivity index (χ4n) is 2.38. The molecule has 0 radical (unpaired) electrons. The van der Waals surface area contributed by atoms with E-state index in [-0.39, 0.29) is 6.04 Å². The number of aryl methyl sites for hydroxylation is 2. The van der Waals surface area contributed by atoms with Gasteiger partial charge in [-0.25, -0.2) is 0 Å². The number of aromatic nitrogens is 3. The van der Waals surface area contributed by atoms with Crippen LogP contribution in [-0.2, 0) is 7.05 Å². The van der Waals surface area contributed by atoms with E-state index in [0.29, 0.717) is 0 Å². The van der Waals surface area contributed by atoms with Crippen molar-refractivity contribution in [2.24, 2.45) is 7.05 Å². The van der Waals surface area contributed by atoms with E-state index >= 15 is 0 Å². The molecule has 1 atom stereocenters. The number of nitrogens with zero attached hydrogens (tertiary/aromatic N) is 3. The Labute approximate surface area is 122 Å². The highest BCUT2D eigenvalue weighted by Gasteiger charge is 2.13. The third-order valence-electron chi connectivity index (χ3n) is 3.69. The van der Waals surface area contributed by atoms with E-state index in [1.54, 1.807) is 11.3 Å². The lowest BCUT2D eigenvalue weighted by molar-refractivity contribution is 0.731. The number of hydrogen-bond acceptors (Lipinski definition) is 4. The summed E-state index contributed by atoms with van der Waals surface area (Å²) in [5, 5.41) is 10.1. The summed E-state index contributed by atoms with van der Waals surface area (Å²) in [7, 11) is 1.97. The molecule has 0 fully saturated rings. The van der Waals surface area contributed by atoms with Crippen LogP contribution in [0.25, 0.3) is 10.2 Å². The normalized spacial score (nSPS) is 12.8. The molecule has 0 aliphatic heterocycles. The van der Waals surface area contributed by atoms with Gasteiger partial charge in [0.2, 0.25) is 0 Å². The van der Waals surface area contributed by atoms with Crippen molar-refractivity contribution in [2.75, 3.05) is 5.32 Å². The van der Waals surface area contributed by atoms with Crippen molar-refractivity contribution in [3.8, 4) is 0 Å². The highest BCUT2D eigenvalue weighted by Crippen LogP contribution is 2.27. The summed E-state index contributed by atoms with van der Waals surface area (Å²) >= 11 is 1.73. The van der Waals surface area contributed by atoms with E-state index in [9.17, 15) is 0 Å². The Morgan fingerprint density at radius 1 is 1.35 bits per heavy atom. The van der Waals surface area contributed by atoms with Crippen molar-refractivity contribution in [3.05, 3.63) is 40.7 Å². The maximum absolute atomic E-state index is 4.50. The predicted octanol–water partition coefficient (Wildman–Crippen LogP) is 3.82. The van der Waals surface area contributed by atoms with E-state index in [1.807, 2.05) is 24.9 Å². The van der Waals surface area contributed by atoms with Crippen molar-refractivity contribution in [2.45, 2.75) is 26.8 Å². The first-order valence-corrected chi connectivity index (χ1v) is 7.54. The standard InChI is InChI=1S/C15H18N4S/c1-9(17-15-10(2)18-19(4)11(15)3)12-7-14-13(16-8-12)5-6-20-14/h5-9,17H,1-4H3. The van der Waals surface area contributed by atoms with E-state index in [4.69, 9.17) is 0 Å². The molecule has 104 valence electrons. The fraction of sp³-hybridized carbons (Fsp3) is 0.333. The quantitative estimate of drug-likeness (QED) is 0.796. The van der Waals surface area contributed by atoms with Crippen molar-refractivity contribution in [3.63, 3.8) is 0 Å². The van der Waals surface area contributed by atoms with Crippen molar-refractivity contribution >= 4 is 27.2 Å². The van der Waals surface area contributed by atoms with Crippen LogP contribution in [0, 0.1) is 13.8 Å². The number of fused-ring (bicyclic) bond motifs is 1. The number of hydrogen-bond donors (Lipinski definition) is 1. The van der Waals surface area contributed by atoms with Crippen LogP contribution in [-0.4, -0.2) is 14.8 Å². The maximum atomic E-state index is 4.50. The van der Waals surface area contributed by atoms with Crippen LogP contribution < -0.4 is 5.32 Å². The average molecular weight is 286 g/mol. The molecule has 3 heterocycles. The molecule has 3 rings (SSSR count). The summed E-state index contributed by atoms with van der Waals surface area (Å²) < 4.78 is 3.14. The molecular weight excluding hydrogens is 268 g/mol. The molecule has 0 aliphatic rings. The Hall–Kier alpha value is -1.88. The summed E-state index contributed by atoms with van der Waals surface area (Å²) in [6, 6.07) is 4.47. The van der Waals surface area contributed by atoms with Crippen LogP contribution in [0.5, 0.6) is 0 Å². The van der Waals surface area contributed by atoms with E-state index in [1.165, 1.54) is 10.3 Å². The van der Waals surface area contributed by atoms with E-state index < -0.39 is 0 Å². The Morgan fingerprint density at radius 3 is 2.85 bits per heavy atom. The van der Waals surface area contributed by atoms with E-state index in [2.05, 4.69) is 46.8 Å². The van der Waals surface area contributed by atoms with Gasteiger partial charge >= 0.3 is 0 Å². The first-order chi connectivity index (χ1) is 9.56. The van der Waals surface area contributed by atoms with E-state index in [0.717, 1.165) is 22.6 Å². The molecule has 0 saturated carbocycles. The largest absolute Gasteiger partial charge is 0.375 e. The molecule has 0 saturated heterocycles. The molecule has 20 heavy (non-hydrogen) atoms. The molecule has 3 aromatic rings. The second-order valence-corrected chi connectivity index (χ2v) is 6.06. The summed E-state index contributed by atoms with van der Waals surface area (Å²) in [4.78, 5) is 4.50. The van der Waals surface area contributed by atoms with Crippen LogP contribution in [0.2, 0.25) is 0 Å². The molecule has 5 heteroatoms. The van der Waals surface area contributed by atoms with Gasteiger partial charge in [0.25, 0.3) is 0 Å². The lowest BCUT2D eigenvalue weighted by Gasteiger charge is -2.15. The Balaban J connectivity index is 1.90. The summed E-state index contributed by atoms with van der Waals surface area (Å²) in [6.45, 7) is 6.26. The third kappa shape index (κ3) is 2.18. The molecule has 0 spiro atoms. The summed E-state index contributed by atoms with van der Waals surface area (Å²) in [5.74, 6) is 0. The zero-order valence-corrected chi connectivity index (χ0v) is 13.0. The topological polar surface area (TPSA) is 42.7 Å². The molecule has 0 amide bonds. The second kappa shape index (κ2) is 4.90. The van der Waals surface area contributed by atoms with Gasteiger partial charge in [-0.3, -0.25) is 9.67 Å². The molecular formula is C15H18N4S. The van der Waals surface area contributed by atoms with Gasteiger partial charge in [0, 0.05) is 13.2 Å². The summed E-state index contributed by atoms with van der Waals surface area (Å²) in [6.07, 6.45) is 1.95. The molecule has 0 aliphatic carbocycles. The zero-order chi connectivity index (χ0) is 14.3. The number of nitrogens with one attached hydrogen (secondary N) is 1. The monoisotopic (exact) mass is 286 g/mol. The van der Waals surface area contributed by atoms with Gasteiger partial charge in [-0.15, -0.1) is 11.3 Å². The van der Waals surface area contributed by atoms with Gasteiger partial charge in [0.1, 0.15) is 0 Å². The molecule has 1 N–H and O–H groups in total. The minimum absolute atomic E-state index is 0.204. The number of pyridine rings is 1. The number of rotatable bonds is 3. The van der Waals surface area contributed by atoms with Crippen molar-refractivity contribution < 1.29 is 0 Å². The SMILES string of the molecule is Cc1nn(C)c(C)c1NC(C)c1cnc2ccsc2c1. The number of anilines is 1. The van der Waals surface area contributed by atoms with Gasteiger partial charge in [0.15, 0.2) is 0 Å². The molecule has 4 nitrogen and oxygen atoms in total. The summed E-state index contributed by atoms with van der Waals surface area (Å²) in [5.41, 5.74) is 5.56. The van der Waals surface area contributed by atoms with Gasteiger partial charge < -0.3 is 5.32 Å². The lowest BCUT2D eigenvalue weighted by Crippen LogP contribution is -2.08. The van der Waals surface area contributed by atoms with Gasteiger partial charge in [-0.05, 0) is 43.8 Å². The molecule has 3 aromatic heterocycles. The van der Waals surface area contributed by atoms with Crippen LogP contribution in [0.4, 0.5) is 5.69 Å². The second-order valence-electron chi connectivity index (χ2n) is 5.11. The molecule has 1 unspecified atom stereocenters. The maximum Gasteiger partial charge on any atom is 0.0828 e. The highest BCUT2D eigenvalue weighted by molar-refractivity contribution is 7.17. The number of thiophene rings is 1. The van der Waals surface area contributed by atoms with Crippen LogP contribution in [0.3, 0.4) is 0 Å². The van der Waals surface area contributed by atoms with Crippen molar-refractivity contribution in [1.29, 1.82) is 0 Å². The van der Waals surface area contributed by atoms with Gasteiger partial charge in [-0.1, -0.05) is 0 Å². The average Bonchev–Trinajstić information content (AvgIpc) is 2.98. The fourth-order valence-corrected chi connectivity index (χ4v) is 3.17. The van der Waals surface area contributed by atoms with Crippen LogP contribution >= 0.6 is 11.3 Å². The lowest BCUT2D eigenvalue weighted by atomic mass is 10.1. The van der Waals surface area contributed by atoms with Gasteiger partial charge in [0.05, 0.1) is 33.3 Å². The van der Waals surface area contributed by atoms with Crippen molar-refractivity contribution in [1.82, 2.24) is 14.8 Å².